The third kappa shape index (κ3) is 3.48. The van der Waals surface area contributed by atoms with Gasteiger partial charge >= 0.3 is 0 Å². The van der Waals surface area contributed by atoms with E-state index in [0.717, 1.165) is 51.5 Å². The Balaban J connectivity index is 1.45. The molecule has 2 heterocycles. The summed E-state index contributed by atoms with van der Waals surface area (Å²) in [5.41, 5.74) is 0. The lowest BCUT2D eigenvalue weighted by atomic mass is 9.92. The lowest BCUT2D eigenvalue weighted by Gasteiger charge is -2.38. The molecule has 19 heavy (non-hydrogen) atoms. The van der Waals surface area contributed by atoms with E-state index >= 15 is 0 Å². The number of hydrogen-bond donors (Lipinski definition) is 1. The van der Waals surface area contributed by atoms with Crippen LogP contribution in [-0.2, 0) is 4.79 Å². The van der Waals surface area contributed by atoms with Gasteiger partial charge in [0.05, 0.1) is 0 Å². The van der Waals surface area contributed by atoms with E-state index in [0.29, 0.717) is 11.9 Å². The van der Waals surface area contributed by atoms with E-state index in [1.807, 2.05) is 0 Å². The summed E-state index contributed by atoms with van der Waals surface area (Å²) in [5.74, 6) is 1.65. The lowest BCUT2D eigenvalue weighted by Crippen LogP contribution is -2.52. The number of carbonyl (C=O) groups excluding carboxylic acids is 1. The number of carbonyl (C=O) groups is 1. The van der Waals surface area contributed by atoms with Crippen LogP contribution in [0.4, 0.5) is 0 Å². The second-order valence-electron chi connectivity index (χ2n) is 6.65. The Morgan fingerprint density at radius 3 is 2.53 bits per heavy atom. The van der Waals surface area contributed by atoms with Gasteiger partial charge in [-0.15, -0.1) is 0 Å². The molecule has 3 rings (SSSR count). The number of piperidine rings is 1. The third-order valence-corrected chi connectivity index (χ3v) is 4.87. The van der Waals surface area contributed by atoms with Gasteiger partial charge in [0, 0.05) is 44.7 Å². The molecule has 3 aliphatic rings. The number of nitrogens with zero attached hydrogens (tertiary/aromatic N) is 2. The van der Waals surface area contributed by atoms with Gasteiger partial charge in [-0.3, -0.25) is 9.69 Å². The highest BCUT2D eigenvalue weighted by atomic mass is 16.2. The topological polar surface area (TPSA) is 35.6 Å². The molecule has 0 unspecified atom stereocenters. The molecule has 2 saturated heterocycles. The molecule has 0 aromatic heterocycles. The van der Waals surface area contributed by atoms with Crippen molar-refractivity contribution >= 4 is 5.91 Å². The minimum Gasteiger partial charge on any atom is -0.340 e. The van der Waals surface area contributed by atoms with Crippen LogP contribution in [0, 0.1) is 11.8 Å². The van der Waals surface area contributed by atoms with Crippen molar-refractivity contribution in [1.82, 2.24) is 15.1 Å². The maximum Gasteiger partial charge on any atom is 0.225 e. The van der Waals surface area contributed by atoms with Gasteiger partial charge in [-0.2, -0.15) is 0 Å². The van der Waals surface area contributed by atoms with Crippen LogP contribution in [0.3, 0.4) is 0 Å². The fourth-order valence-corrected chi connectivity index (χ4v) is 3.43. The summed E-state index contributed by atoms with van der Waals surface area (Å²) in [6.07, 6.45) is 4.88. The van der Waals surface area contributed by atoms with Crippen LogP contribution in [0.15, 0.2) is 0 Å². The van der Waals surface area contributed by atoms with E-state index in [-0.39, 0.29) is 5.92 Å². The molecule has 4 nitrogen and oxygen atoms in total. The number of hydrogen-bond acceptors (Lipinski definition) is 3. The highest BCUT2D eigenvalue weighted by Gasteiger charge is 2.31. The van der Waals surface area contributed by atoms with Crippen molar-refractivity contribution in [1.29, 1.82) is 0 Å². The maximum atomic E-state index is 12.5. The molecular weight excluding hydrogens is 238 g/mol. The first kappa shape index (κ1) is 13.4. The van der Waals surface area contributed by atoms with Crippen molar-refractivity contribution in [3.63, 3.8) is 0 Å². The van der Waals surface area contributed by atoms with Crippen molar-refractivity contribution in [2.45, 2.75) is 38.6 Å². The van der Waals surface area contributed by atoms with Crippen LogP contribution in [0.2, 0.25) is 0 Å². The van der Waals surface area contributed by atoms with Crippen LogP contribution in [0.5, 0.6) is 0 Å². The molecule has 0 bridgehead atoms. The van der Waals surface area contributed by atoms with Gasteiger partial charge in [0.2, 0.25) is 5.91 Å². The molecule has 0 radical (unpaired) electrons. The molecule has 4 heteroatoms. The summed E-state index contributed by atoms with van der Waals surface area (Å²) < 4.78 is 0. The fraction of sp³-hybridized carbons (Fsp3) is 0.933. The first-order valence-electron chi connectivity index (χ1n) is 7.97. The van der Waals surface area contributed by atoms with Crippen molar-refractivity contribution in [3.05, 3.63) is 0 Å². The summed E-state index contributed by atoms with van der Waals surface area (Å²) in [6.45, 7) is 8.53. The van der Waals surface area contributed by atoms with E-state index < -0.39 is 0 Å². The van der Waals surface area contributed by atoms with Gasteiger partial charge in [0.15, 0.2) is 0 Å². The Labute approximate surface area is 116 Å². The van der Waals surface area contributed by atoms with E-state index in [2.05, 4.69) is 22.0 Å². The zero-order valence-electron chi connectivity index (χ0n) is 12.1. The van der Waals surface area contributed by atoms with E-state index in [1.54, 1.807) is 0 Å². The quantitative estimate of drug-likeness (QED) is 0.824. The van der Waals surface area contributed by atoms with E-state index in [1.165, 1.54) is 19.4 Å². The van der Waals surface area contributed by atoms with Crippen molar-refractivity contribution in [2.24, 2.45) is 11.8 Å². The minimum absolute atomic E-state index is 0.270. The SMILES string of the molecule is C[C@H]1C[C@@H](C(=O)N2CCN(CC3CC3)CC2)CCN1. The molecule has 108 valence electrons. The molecular formula is C15H27N3O. The number of rotatable bonds is 3. The maximum absolute atomic E-state index is 12.5. The summed E-state index contributed by atoms with van der Waals surface area (Å²) in [6, 6.07) is 0.499. The smallest absolute Gasteiger partial charge is 0.225 e. The highest BCUT2D eigenvalue weighted by Crippen LogP contribution is 2.30. The molecule has 1 aliphatic carbocycles. The molecule has 3 fully saturated rings. The van der Waals surface area contributed by atoms with Gasteiger partial charge in [-0.05, 0) is 45.1 Å². The van der Waals surface area contributed by atoms with Crippen LogP contribution in [0.25, 0.3) is 0 Å². The van der Waals surface area contributed by atoms with Gasteiger partial charge in [0.1, 0.15) is 0 Å². The second-order valence-corrected chi connectivity index (χ2v) is 6.65. The Hall–Kier alpha value is -0.610. The summed E-state index contributed by atoms with van der Waals surface area (Å²) in [7, 11) is 0. The second kappa shape index (κ2) is 5.80. The Morgan fingerprint density at radius 1 is 1.16 bits per heavy atom. The average molecular weight is 265 g/mol. The predicted molar refractivity (Wildman–Crippen MR) is 75.9 cm³/mol. The molecule has 0 aromatic rings. The van der Waals surface area contributed by atoms with Crippen LogP contribution in [0.1, 0.15) is 32.6 Å². The molecule has 1 amide bonds. The highest BCUT2D eigenvalue weighted by molar-refractivity contribution is 5.79. The number of piperazine rings is 1. The zero-order valence-corrected chi connectivity index (χ0v) is 12.1. The van der Waals surface area contributed by atoms with Crippen LogP contribution >= 0.6 is 0 Å². The normalized spacial score (nSPS) is 33.4. The Morgan fingerprint density at radius 2 is 1.89 bits per heavy atom. The molecule has 2 aliphatic heterocycles. The standard InChI is InChI=1S/C15H27N3O/c1-12-10-14(4-5-16-12)15(19)18-8-6-17(7-9-18)11-13-2-3-13/h12-14,16H,2-11H2,1H3/t12-,14-/m0/s1. The van der Waals surface area contributed by atoms with Crippen molar-refractivity contribution in [3.8, 4) is 0 Å². The molecule has 1 saturated carbocycles. The number of amides is 1. The average Bonchev–Trinajstić information content (AvgIpc) is 3.23. The predicted octanol–water partition coefficient (Wildman–Crippen LogP) is 0.929. The molecule has 0 aromatic carbocycles. The lowest BCUT2D eigenvalue weighted by molar-refractivity contribution is -0.138. The van der Waals surface area contributed by atoms with Gasteiger partial charge in [-0.25, -0.2) is 0 Å². The summed E-state index contributed by atoms with van der Waals surface area (Å²) in [5, 5.41) is 3.43. The summed E-state index contributed by atoms with van der Waals surface area (Å²) >= 11 is 0. The zero-order chi connectivity index (χ0) is 13.2. The number of nitrogens with one attached hydrogen (secondary N) is 1. The molecule has 0 spiro atoms. The van der Waals surface area contributed by atoms with Gasteiger partial charge < -0.3 is 10.2 Å². The largest absolute Gasteiger partial charge is 0.340 e. The van der Waals surface area contributed by atoms with E-state index in [4.69, 9.17) is 0 Å². The van der Waals surface area contributed by atoms with Crippen LogP contribution < -0.4 is 5.32 Å². The molecule has 2 atom stereocenters. The minimum atomic E-state index is 0.270. The Kier molecular flexibility index (Phi) is 4.08. The first-order chi connectivity index (χ1) is 9.22. The van der Waals surface area contributed by atoms with Gasteiger partial charge in [-0.1, -0.05) is 0 Å². The van der Waals surface area contributed by atoms with Crippen LogP contribution in [-0.4, -0.2) is 61.0 Å². The van der Waals surface area contributed by atoms with Crippen molar-refractivity contribution in [2.75, 3.05) is 39.3 Å². The van der Waals surface area contributed by atoms with Crippen molar-refractivity contribution < 1.29 is 4.79 Å². The monoisotopic (exact) mass is 265 g/mol. The molecule has 1 N–H and O–H groups in total. The van der Waals surface area contributed by atoms with E-state index in [9.17, 15) is 4.79 Å². The third-order valence-electron chi connectivity index (χ3n) is 4.87. The Bertz CT molecular complexity index is 321. The summed E-state index contributed by atoms with van der Waals surface area (Å²) in [4.78, 5) is 17.2. The fourth-order valence-electron chi connectivity index (χ4n) is 3.43. The van der Waals surface area contributed by atoms with Gasteiger partial charge in [0.25, 0.3) is 0 Å². The first-order valence-corrected chi connectivity index (χ1v) is 7.97.